The smallest absolute Gasteiger partial charge is 0.319 e. The van der Waals surface area contributed by atoms with Crippen molar-refractivity contribution in [3.63, 3.8) is 0 Å². The van der Waals surface area contributed by atoms with Crippen molar-refractivity contribution in [3.8, 4) is 0 Å². The normalized spacial score (nSPS) is 17.5. The third-order valence-corrected chi connectivity index (χ3v) is 5.38. The van der Waals surface area contributed by atoms with Gasteiger partial charge >= 0.3 is 6.03 Å². The van der Waals surface area contributed by atoms with Crippen molar-refractivity contribution in [2.75, 3.05) is 0 Å². The molecule has 0 saturated carbocycles. The maximum Gasteiger partial charge on any atom is 0.319 e. The molecule has 130 valence electrons. The highest BCUT2D eigenvalue weighted by molar-refractivity contribution is 8.00. The fourth-order valence-corrected chi connectivity index (χ4v) is 3.91. The van der Waals surface area contributed by atoms with Crippen molar-refractivity contribution in [2.45, 2.75) is 36.2 Å². The first-order valence-electron chi connectivity index (χ1n) is 8.08. The molecule has 0 saturated heterocycles. The van der Waals surface area contributed by atoms with Gasteiger partial charge in [0.2, 0.25) is 0 Å². The molecule has 2 atom stereocenters. The molecule has 1 aliphatic heterocycles. The monoisotopic (exact) mass is 358 g/mol. The van der Waals surface area contributed by atoms with Gasteiger partial charge in [0.15, 0.2) is 0 Å². The number of carbonyl (C=O) groups excluding carboxylic acids is 2. The highest BCUT2D eigenvalue weighted by atomic mass is 32.2. The minimum atomic E-state index is -0.596. The van der Waals surface area contributed by atoms with Gasteiger partial charge in [-0.1, -0.05) is 30.3 Å². The maximum absolute atomic E-state index is 13.5. The van der Waals surface area contributed by atoms with E-state index in [1.807, 2.05) is 37.3 Å². The predicted octanol–water partition coefficient (Wildman–Crippen LogP) is 3.60. The highest BCUT2D eigenvalue weighted by Crippen LogP contribution is 2.35. The lowest BCUT2D eigenvalue weighted by molar-refractivity contribution is -0.109. The van der Waals surface area contributed by atoms with Gasteiger partial charge in [0.1, 0.15) is 12.1 Å². The van der Waals surface area contributed by atoms with Crippen LogP contribution in [0.25, 0.3) is 0 Å². The standard InChI is InChI=1S/C19H19FN2O2S/c1-13-22(11-15-10-16(20)7-8-18(15)25-13)19(24)21-17(12-23)9-14-5-3-2-4-6-14/h2-8,10,12-13,17H,9,11H2,1H3,(H,21,24)/t13?,17-/m0/s1. The number of aldehydes is 1. The van der Waals surface area contributed by atoms with Crippen LogP contribution >= 0.6 is 11.8 Å². The van der Waals surface area contributed by atoms with Gasteiger partial charge < -0.3 is 15.0 Å². The number of hydrogen-bond acceptors (Lipinski definition) is 3. The zero-order valence-electron chi connectivity index (χ0n) is 13.8. The zero-order valence-corrected chi connectivity index (χ0v) is 14.6. The molecule has 0 aliphatic carbocycles. The SMILES string of the molecule is CC1Sc2ccc(F)cc2CN1C(=O)N[C@H](C=O)Cc1ccccc1. The largest absolute Gasteiger partial charge is 0.328 e. The Hall–Kier alpha value is -2.34. The molecular formula is C19H19FN2O2S. The van der Waals surface area contributed by atoms with Crippen molar-refractivity contribution in [1.82, 2.24) is 10.2 Å². The van der Waals surface area contributed by atoms with Gasteiger partial charge in [-0.2, -0.15) is 0 Å². The summed E-state index contributed by atoms with van der Waals surface area (Å²) >= 11 is 1.51. The van der Waals surface area contributed by atoms with Crippen molar-refractivity contribution in [3.05, 3.63) is 65.5 Å². The molecule has 0 radical (unpaired) electrons. The fourth-order valence-electron chi connectivity index (χ4n) is 2.83. The Labute approximate surface area is 150 Å². The van der Waals surface area contributed by atoms with Crippen LogP contribution in [0.15, 0.2) is 53.4 Å². The Balaban J connectivity index is 1.68. The molecule has 6 heteroatoms. The lowest BCUT2D eigenvalue weighted by Crippen LogP contribution is -2.49. The Morgan fingerprint density at radius 3 is 2.84 bits per heavy atom. The summed E-state index contributed by atoms with van der Waals surface area (Å²) in [4.78, 5) is 26.6. The number of thioether (sulfide) groups is 1. The van der Waals surface area contributed by atoms with E-state index in [2.05, 4.69) is 5.32 Å². The number of nitrogens with one attached hydrogen (secondary N) is 1. The van der Waals surface area contributed by atoms with E-state index < -0.39 is 6.04 Å². The van der Waals surface area contributed by atoms with Gasteiger partial charge in [0, 0.05) is 11.4 Å². The summed E-state index contributed by atoms with van der Waals surface area (Å²) in [5.74, 6) is -0.316. The number of amides is 2. The Morgan fingerprint density at radius 2 is 2.12 bits per heavy atom. The van der Waals surface area contributed by atoms with E-state index in [4.69, 9.17) is 0 Å². The summed E-state index contributed by atoms with van der Waals surface area (Å²) < 4.78 is 13.5. The highest BCUT2D eigenvalue weighted by Gasteiger charge is 2.28. The molecule has 1 aliphatic rings. The minimum absolute atomic E-state index is 0.0954. The number of benzene rings is 2. The fraction of sp³-hybridized carbons (Fsp3) is 0.263. The second kappa shape index (κ2) is 7.70. The molecule has 1 unspecified atom stereocenters. The van der Waals surface area contributed by atoms with Crippen LogP contribution in [-0.2, 0) is 17.8 Å². The van der Waals surface area contributed by atoms with E-state index in [1.54, 1.807) is 11.0 Å². The van der Waals surface area contributed by atoms with Crippen LogP contribution in [0, 0.1) is 5.82 Å². The average Bonchev–Trinajstić information content (AvgIpc) is 2.61. The molecule has 1 N–H and O–H groups in total. The minimum Gasteiger partial charge on any atom is -0.328 e. The average molecular weight is 358 g/mol. The Bertz CT molecular complexity index is 769. The van der Waals surface area contributed by atoms with E-state index in [-0.39, 0.29) is 17.2 Å². The molecule has 1 heterocycles. The summed E-state index contributed by atoms with van der Waals surface area (Å²) in [7, 11) is 0. The first kappa shape index (κ1) is 17.5. The van der Waals surface area contributed by atoms with Gasteiger partial charge in [-0.3, -0.25) is 0 Å². The molecule has 0 bridgehead atoms. The molecular weight excluding hydrogens is 339 g/mol. The van der Waals surface area contributed by atoms with Crippen LogP contribution in [0.1, 0.15) is 18.1 Å². The van der Waals surface area contributed by atoms with Crippen LogP contribution < -0.4 is 5.32 Å². The topological polar surface area (TPSA) is 49.4 Å². The molecule has 0 spiro atoms. The van der Waals surface area contributed by atoms with Crippen LogP contribution in [0.4, 0.5) is 9.18 Å². The van der Waals surface area contributed by atoms with Crippen LogP contribution in [0.5, 0.6) is 0 Å². The Morgan fingerprint density at radius 1 is 1.36 bits per heavy atom. The van der Waals surface area contributed by atoms with Gasteiger partial charge in [0.05, 0.1) is 11.4 Å². The lowest BCUT2D eigenvalue weighted by atomic mass is 10.1. The molecule has 3 rings (SSSR count). The van der Waals surface area contributed by atoms with Crippen molar-refractivity contribution >= 4 is 24.1 Å². The summed E-state index contributed by atoms with van der Waals surface area (Å²) in [5.41, 5.74) is 1.76. The summed E-state index contributed by atoms with van der Waals surface area (Å²) in [5, 5.41) is 2.68. The van der Waals surface area contributed by atoms with E-state index in [9.17, 15) is 14.0 Å². The molecule has 2 amide bonds. The molecule has 4 nitrogen and oxygen atoms in total. The molecule has 0 fully saturated rings. The number of nitrogens with zero attached hydrogens (tertiary/aromatic N) is 1. The molecule has 2 aromatic carbocycles. The predicted molar refractivity (Wildman–Crippen MR) is 95.8 cm³/mol. The van der Waals surface area contributed by atoms with Gasteiger partial charge in [-0.25, -0.2) is 9.18 Å². The van der Waals surface area contributed by atoms with Crippen LogP contribution in [-0.4, -0.2) is 28.6 Å². The molecule has 0 aromatic heterocycles. The Kier molecular flexibility index (Phi) is 5.38. The maximum atomic E-state index is 13.5. The van der Waals surface area contributed by atoms with Crippen molar-refractivity contribution in [1.29, 1.82) is 0 Å². The summed E-state index contributed by atoms with van der Waals surface area (Å²) in [6.45, 7) is 2.24. The number of fused-ring (bicyclic) bond motifs is 1. The molecule has 2 aromatic rings. The first-order chi connectivity index (χ1) is 12.1. The number of rotatable bonds is 4. The number of hydrogen-bond donors (Lipinski definition) is 1. The lowest BCUT2D eigenvalue weighted by Gasteiger charge is -2.34. The summed E-state index contributed by atoms with van der Waals surface area (Å²) in [6.07, 6.45) is 1.19. The van der Waals surface area contributed by atoms with Crippen LogP contribution in [0.2, 0.25) is 0 Å². The molecule has 25 heavy (non-hydrogen) atoms. The van der Waals surface area contributed by atoms with Gasteiger partial charge in [0.25, 0.3) is 0 Å². The second-order valence-electron chi connectivity index (χ2n) is 5.98. The zero-order chi connectivity index (χ0) is 17.8. The third-order valence-electron chi connectivity index (χ3n) is 4.13. The van der Waals surface area contributed by atoms with Gasteiger partial charge in [-0.05, 0) is 42.7 Å². The quantitative estimate of drug-likeness (QED) is 0.850. The third kappa shape index (κ3) is 4.20. The van der Waals surface area contributed by atoms with E-state index in [0.717, 1.165) is 22.3 Å². The van der Waals surface area contributed by atoms with E-state index in [1.165, 1.54) is 23.9 Å². The van der Waals surface area contributed by atoms with Crippen molar-refractivity contribution in [2.24, 2.45) is 0 Å². The first-order valence-corrected chi connectivity index (χ1v) is 8.96. The number of carbonyl (C=O) groups is 2. The van der Waals surface area contributed by atoms with E-state index in [0.29, 0.717) is 13.0 Å². The van der Waals surface area contributed by atoms with E-state index >= 15 is 0 Å². The summed E-state index contributed by atoms with van der Waals surface area (Å²) in [6, 6.07) is 13.2. The van der Waals surface area contributed by atoms with Crippen molar-refractivity contribution < 1.29 is 14.0 Å². The second-order valence-corrected chi connectivity index (χ2v) is 7.34. The van der Waals surface area contributed by atoms with Gasteiger partial charge in [-0.15, -0.1) is 11.8 Å². The number of urea groups is 1. The van der Waals surface area contributed by atoms with Crippen LogP contribution in [0.3, 0.4) is 0 Å². The number of halogens is 1.